The number of carboxylic acids is 1. The van der Waals surface area contributed by atoms with Gasteiger partial charge in [-0.25, -0.2) is 9.37 Å². The monoisotopic (exact) mass is 328 g/mol. The number of aryl methyl sites for hydroxylation is 1. The van der Waals surface area contributed by atoms with Gasteiger partial charge in [0, 0.05) is 12.0 Å². The van der Waals surface area contributed by atoms with Crippen molar-refractivity contribution in [1.29, 1.82) is 5.26 Å². The molecule has 2 rings (SSSR count). The molecule has 122 valence electrons. The van der Waals surface area contributed by atoms with E-state index in [0.29, 0.717) is 11.1 Å². The molecule has 1 aromatic heterocycles. The van der Waals surface area contributed by atoms with E-state index in [9.17, 15) is 19.1 Å². The summed E-state index contributed by atoms with van der Waals surface area (Å²) in [5.41, 5.74) is 0.609. The van der Waals surface area contributed by atoms with Gasteiger partial charge in [0.2, 0.25) is 0 Å². The van der Waals surface area contributed by atoms with E-state index in [0.717, 1.165) is 0 Å². The maximum atomic E-state index is 13.5. The second-order valence-corrected chi connectivity index (χ2v) is 5.14. The van der Waals surface area contributed by atoms with Crippen molar-refractivity contribution in [3.8, 4) is 23.1 Å². The van der Waals surface area contributed by atoms with Crippen LogP contribution < -0.4 is 0 Å². The molecule has 0 unspecified atom stereocenters. The molecule has 0 aliphatic heterocycles. The fraction of sp³-hybridized carbons (Fsp3) is 0.176. The number of aliphatic carboxylic acids is 1. The molecule has 0 aliphatic carbocycles. The van der Waals surface area contributed by atoms with Crippen molar-refractivity contribution in [3.63, 3.8) is 0 Å². The first-order chi connectivity index (χ1) is 11.3. The highest BCUT2D eigenvalue weighted by atomic mass is 19.1. The van der Waals surface area contributed by atoms with Crippen LogP contribution in [-0.4, -0.2) is 26.9 Å². The summed E-state index contributed by atoms with van der Waals surface area (Å²) in [5.74, 6) is -2.99. The Hall–Kier alpha value is -3.27. The first kappa shape index (κ1) is 17.1. The minimum atomic E-state index is -1.17. The van der Waals surface area contributed by atoms with Crippen LogP contribution in [0.25, 0.3) is 11.3 Å². The molecule has 0 aliphatic rings. The number of carbonyl (C=O) groups excluding carboxylic acids is 1. The number of aromatic hydroxyl groups is 1. The lowest BCUT2D eigenvalue weighted by atomic mass is 10.0. The average Bonchev–Trinajstić information content (AvgIpc) is 2.55. The minimum absolute atomic E-state index is 0.153. The zero-order valence-corrected chi connectivity index (χ0v) is 12.7. The van der Waals surface area contributed by atoms with Crippen LogP contribution in [0, 0.1) is 24.1 Å². The second kappa shape index (κ2) is 6.87. The fourth-order valence-electron chi connectivity index (χ4n) is 2.16. The number of carbonyl (C=O) groups is 2. The number of Topliss-reactive ketones (excluding diaryl/α,β-unsaturated/α-hetero) is 1. The molecule has 1 heterocycles. The van der Waals surface area contributed by atoms with Gasteiger partial charge in [-0.05, 0) is 30.7 Å². The van der Waals surface area contributed by atoms with E-state index >= 15 is 0 Å². The largest absolute Gasteiger partial charge is 0.504 e. The van der Waals surface area contributed by atoms with E-state index in [1.165, 1.54) is 24.3 Å². The van der Waals surface area contributed by atoms with Crippen molar-refractivity contribution in [3.05, 3.63) is 46.9 Å². The molecule has 1 aromatic carbocycles. The summed E-state index contributed by atoms with van der Waals surface area (Å²) in [7, 11) is 0. The van der Waals surface area contributed by atoms with Crippen LogP contribution >= 0.6 is 0 Å². The van der Waals surface area contributed by atoms with E-state index in [4.69, 9.17) is 10.4 Å². The Morgan fingerprint density at radius 3 is 2.62 bits per heavy atom. The van der Waals surface area contributed by atoms with E-state index in [1.807, 2.05) is 0 Å². The molecule has 2 aromatic rings. The Kier molecular flexibility index (Phi) is 4.90. The number of nitriles is 1. The predicted octanol–water partition coefficient (Wildman–Crippen LogP) is 2.82. The molecule has 0 spiro atoms. The maximum Gasteiger partial charge on any atom is 0.303 e. The maximum absolute atomic E-state index is 13.5. The molecule has 0 radical (unpaired) electrons. The van der Waals surface area contributed by atoms with Crippen LogP contribution in [0.1, 0.15) is 34.5 Å². The van der Waals surface area contributed by atoms with Gasteiger partial charge in [0.1, 0.15) is 17.6 Å². The number of benzene rings is 1. The van der Waals surface area contributed by atoms with Crippen LogP contribution in [0.2, 0.25) is 0 Å². The lowest BCUT2D eigenvalue weighted by Gasteiger charge is -2.10. The SMILES string of the molecule is Cc1ccc(F)cc1-c1cc(C#N)c(O)c(C(=O)CCC(=O)O)n1. The third kappa shape index (κ3) is 3.55. The number of rotatable bonds is 5. The van der Waals surface area contributed by atoms with Gasteiger partial charge in [0.15, 0.2) is 11.5 Å². The van der Waals surface area contributed by atoms with E-state index in [-0.39, 0.29) is 17.7 Å². The molecule has 6 nitrogen and oxygen atoms in total. The Labute approximate surface area is 136 Å². The molecular weight excluding hydrogens is 315 g/mol. The topological polar surface area (TPSA) is 111 Å². The van der Waals surface area contributed by atoms with Gasteiger partial charge in [-0.2, -0.15) is 5.26 Å². The molecular formula is C17H13FN2O4. The molecule has 0 atom stereocenters. The molecule has 0 amide bonds. The zero-order valence-electron chi connectivity index (χ0n) is 12.7. The summed E-state index contributed by atoms with van der Waals surface area (Å²) in [4.78, 5) is 26.7. The van der Waals surface area contributed by atoms with Crippen molar-refractivity contribution in [2.24, 2.45) is 0 Å². The van der Waals surface area contributed by atoms with E-state index < -0.39 is 35.4 Å². The summed E-state index contributed by atoms with van der Waals surface area (Å²) in [6, 6.07) is 7.00. The highest BCUT2D eigenvalue weighted by molar-refractivity contribution is 5.99. The number of hydrogen-bond acceptors (Lipinski definition) is 5. The number of ketones is 1. The summed E-state index contributed by atoms with van der Waals surface area (Å²) in [5, 5.41) is 27.8. The van der Waals surface area contributed by atoms with Gasteiger partial charge in [0.05, 0.1) is 17.7 Å². The molecule has 0 bridgehead atoms. The van der Waals surface area contributed by atoms with Gasteiger partial charge < -0.3 is 10.2 Å². The average molecular weight is 328 g/mol. The first-order valence-electron chi connectivity index (χ1n) is 6.99. The molecule has 24 heavy (non-hydrogen) atoms. The highest BCUT2D eigenvalue weighted by Crippen LogP contribution is 2.30. The van der Waals surface area contributed by atoms with Crippen molar-refractivity contribution in [2.45, 2.75) is 19.8 Å². The highest BCUT2D eigenvalue weighted by Gasteiger charge is 2.20. The standard InChI is InChI=1S/C17H13FN2O4/c1-9-2-3-11(18)7-12(9)13-6-10(8-19)17(24)16(20-13)14(21)4-5-15(22)23/h2-3,6-7,24H,4-5H2,1H3,(H,22,23). The van der Waals surface area contributed by atoms with Crippen LogP contribution in [0.5, 0.6) is 5.75 Å². The second-order valence-electron chi connectivity index (χ2n) is 5.14. The predicted molar refractivity (Wildman–Crippen MR) is 81.9 cm³/mol. The quantitative estimate of drug-likeness (QED) is 0.816. The lowest BCUT2D eigenvalue weighted by molar-refractivity contribution is -0.136. The smallest absolute Gasteiger partial charge is 0.303 e. The Morgan fingerprint density at radius 1 is 1.29 bits per heavy atom. The first-order valence-corrected chi connectivity index (χ1v) is 6.99. The van der Waals surface area contributed by atoms with Gasteiger partial charge in [0.25, 0.3) is 0 Å². The summed E-state index contributed by atoms with van der Waals surface area (Å²) >= 11 is 0. The number of hydrogen-bond donors (Lipinski definition) is 2. The Balaban J connectivity index is 2.57. The molecule has 2 N–H and O–H groups in total. The van der Waals surface area contributed by atoms with Crippen molar-refractivity contribution >= 4 is 11.8 Å². The summed E-state index contributed by atoms with van der Waals surface area (Å²) < 4.78 is 13.5. The minimum Gasteiger partial charge on any atom is -0.504 e. The van der Waals surface area contributed by atoms with Gasteiger partial charge in [-0.15, -0.1) is 0 Å². The molecule has 7 heteroatoms. The van der Waals surface area contributed by atoms with Crippen molar-refractivity contribution in [2.75, 3.05) is 0 Å². The molecule has 0 saturated heterocycles. The van der Waals surface area contributed by atoms with Crippen LogP contribution in [0.15, 0.2) is 24.3 Å². The summed E-state index contributed by atoms with van der Waals surface area (Å²) in [6.45, 7) is 1.71. The van der Waals surface area contributed by atoms with Crippen LogP contribution in [0.3, 0.4) is 0 Å². The van der Waals surface area contributed by atoms with Crippen molar-refractivity contribution in [1.82, 2.24) is 4.98 Å². The Morgan fingerprint density at radius 2 is 2.00 bits per heavy atom. The number of carboxylic acid groups (broad SMARTS) is 1. The third-order valence-electron chi connectivity index (χ3n) is 3.42. The number of aromatic nitrogens is 1. The number of pyridine rings is 1. The fourth-order valence-corrected chi connectivity index (χ4v) is 2.16. The van der Waals surface area contributed by atoms with Gasteiger partial charge in [-0.1, -0.05) is 6.07 Å². The van der Waals surface area contributed by atoms with Crippen LogP contribution in [-0.2, 0) is 4.79 Å². The third-order valence-corrected chi connectivity index (χ3v) is 3.42. The normalized spacial score (nSPS) is 10.2. The summed E-state index contributed by atoms with van der Waals surface area (Å²) in [6.07, 6.45) is -0.794. The molecule has 0 fully saturated rings. The van der Waals surface area contributed by atoms with Crippen LogP contribution in [0.4, 0.5) is 4.39 Å². The van der Waals surface area contributed by atoms with Gasteiger partial charge in [-0.3, -0.25) is 9.59 Å². The Bertz CT molecular complexity index is 872. The number of halogens is 1. The van der Waals surface area contributed by atoms with E-state index in [2.05, 4.69) is 4.98 Å². The zero-order chi connectivity index (χ0) is 17.9. The van der Waals surface area contributed by atoms with E-state index in [1.54, 1.807) is 13.0 Å². The van der Waals surface area contributed by atoms with Crippen molar-refractivity contribution < 1.29 is 24.2 Å². The lowest BCUT2D eigenvalue weighted by Crippen LogP contribution is -2.08. The molecule has 0 saturated carbocycles. The number of nitrogens with zero attached hydrogens (tertiary/aromatic N) is 2. The van der Waals surface area contributed by atoms with Gasteiger partial charge >= 0.3 is 5.97 Å².